The van der Waals surface area contributed by atoms with E-state index in [1.165, 1.54) is 45.2 Å². The number of hydrogen-bond acceptors (Lipinski definition) is 6. The molecule has 3 aromatic rings. The third-order valence-electron chi connectivity index (χ3n) is 6.13. The summed E-state index contributed by atoms with van der Waals surface area (Å²) in [5.41, 5.74) is 1.85. The zero-order valence-corrected chi connectivity index (χ0v) is 16.7. The highest BCUT2D eigenvalue weighted by atomic mass is 16.4. The fraction of sp³-hybridized carbons (Fsp3) is 0.435. The molecule has 150 valence electrons. The first-order valence-electron chi connectivity index (χ1n) is 10.7. The fourth-order valence-corrected chi connectivity index (χ4v) is 4.57. The van der Waals surface area contributed by atoms with Crippen LogP contribution < -0.4 is 4.90 Å². The van der Waals surface area contributed by atoms with E-state index in [0.29, 0.717) is 17.8 Å². The number of hydrogen-bond donors (Lipinski definition) is 0. The lowest BCUT2D eigenvalue weighted by molar-refractivity contribution is 0.141. The molecule has 6 nitrogen and oxygen atoms in total. The normalized spacial score (nSPS) is 18.8. The highest BCUT2D eigenvalue weighted by molar-refractivity contribution is 5.70. The summed E-state index contributed by atoms with van der Waals surface area (Å²) in [6, 6.07) is 14.6. The van der Waals surface area contributed by atoms with Gasteiger partial charge in [-0.05, 0) is 63.0 Å². The minimum Gasteiger partial charge on any atom is -0.416 e. The van der Waals surface area contributed by atoms with Gasteiger partial charge in [-0.25, -0.2) is 4.98 Å². The molecule has 0 spiro atoms. The molecule has 6 heteroatoms. The number of benzene rings is 1. The Kier molecular flexibility index (Phi) is 5.26. The Labute approximate surface area is 171 Å². The zero-order valence-electron chi connectivity index (χ0n) is 16.7. The van der Waals surface area contributed by atoms with Crippen LogP contribution in [0.15, 0.2) is 53.1 Å². The van der Waals surface area contributed by atoms with Crippen molar-refractivity contribution in [3.05, 3.63) is 48.7 Å². The van der Waals surface area contributed by atoms with E-state index in [-0.39, 0.29) is 0 Å². The van der Waals surface area contributed by atoms with Crippen molar-refractivity contribution in [2.24, 2.45) is 0 Å². The molecule has 5 rings (SSSR count). The molecule has 0 amide bonds. The molecule has 0 unspecified atom stereocenters. The second-order valence-corrected chi connectivity index (χ2v) is 7.97. The number of nitrogens with zero attached hydrogens (tertiary/aromatic N) is 5. The minimum atomic E-state index is 0.533. The summed E-state index contributed by atoms with van der Waals surface area (Å²) in [7, 11) is 0. The van der Waals surface area contributed by atoms with Gasteiger partial charge in [-0.2, -0.15) is 0 Å². The molecule has 2 aromatic heterocycles. The Balaban J connectivity index is 1.33. The number of rotatable bonds is 4. The molecule has 2 aliphatic rings. The molecular formula is C23H27N5O. The Morgan fingerprint density at radius 3 is 2.34 bits per heavy atom. The molecule has 2 fully saturated rings. The van der Waals surface area contributed by atoms with E-state index >= 15 is 0 Å². The van der Waals surface area contributed by atoms with Gasteiger partial charge in [0.1, 0.15) is 5.82 Å². The lowest BCUT2D eigenvalue weighted by atomic mass is 9.99. The Hall–Kier alpha value is -2.73. The minimum absolute atomic E-state index is 0.533. The van der Waals surface area contributed by atoms with E-state index < -0.39 is 0 Å². The standard InChI is InChI=1S/C23H27N5O/c1-3-8-18(9-4-1)22-25-26-23(29-22)20-10-7-13-24-21(20)28-16-11-19(12-17-28)27-14-5-2-6-15-27/h1,3-4,7-10,13,19H,2,5-6,11-12,14-17H2. The van der Waals surface area contributed by atoms with Crippen LogP contribution >= 0.6 is 0 Å². The molecule has 0 atom stereocenters. The number of pyridine rings is 1. The quantitative estimate of drug-likeness (QED) is 0.665. The summed E-state index contributed by atoms with van der Waals surface area (Å²) in [4.78, 5) is 9.76. The summed E-state index contributed by atoms with van der Waals surface area (Å²) >= 11 is 0. The molecular weight excluding hydrogens is 362 g/mol. The summed E-state index contributed by atoms with van der Waals surface area (Å²) in [5, 5.41) is 8.57. The van der Waals surface area contributed by atoms with Gasteiger partial charge in [-0.15, -0.1) is 10.2 Å². The molecule has 2 saturated heterocycles. The van der Waals surface area contributed by atoms with E-state index in [4.69, 9.17) is 4.42 Å². The maximum Gasteiger partial charge on any atom is 0.251 e. The van der Waals surface area contributed by atoms with Gasteiger partial charge in [-0.3, -0.25) is 0 Å². The van der Waals surface area contributed by atoms with Crippen LogP contribution in [0.1, 0.15) is 32.1 Å². The first-order valence-corrected chi connectivity index (χ1v) is 10.7. The second kappa shape index (κ2) is 8.33. The zero-order chi connectivity index (χ0) is 19.5. The molecule has 0 bridgehead atoms. The van der Waals surface area contributed by atoms with Crippen LogP contribution in [-0.2, 0) is 0 Å². The topological polar surface area (TPSA) is 58.3 Å². The Morgan fingerprint density at radius 1 is 0.793 bits per heavy atom. The highest BCUT2D eigenvalue weighted by Crippen LogP contribution is 2.32. The molecule has 29 heavy (non-hydrogen) atoms. The maximum absolute atomic E-state index is 6.01. The van der Waals surface area contributed by atoms with Crippen LogP contribution in [0.3, 0.4) is 0 Å². The molecule has 2 aliphatic heterocycles. The van der Waals surface area contributed by atoms with Crippen molar-refractivity contribution in [3.8, 4) is 22.9 Å². The van der Waals surface area contributed by atoms with Crippen LogP contribution in [0.25, 0.3) is 22.9 Å². The van der Waals surface area contributed by atoms with Crippen molar-refractivity contribution >= 4 is 5.82 Å². The average molecular weight is 390 g/mol. The SMILES string of the molecule is c1ccc(-c2nnc(-c3cccnc3N3CCC(N4CCCCC4)CC3)o2)cc1. The summed E-state index contributed by atoms with van der Waals surface area (Å²) < 4.78 is 6.01. The lowest BCUT2D eigenvalue weighted by Crippen LogP contribution is -2.47. The van der Waals surface area contributed by atoms with E-state index in [1.54, 1.807) is 0 Å². The number of aromatic nitrogens is 3. The van der Waals surface area contributed by atoms with Gasteiger partial charge < -0.3 is 14.2 Å². The van der Waals surface area contributed by atoms with Gasteiger partial charge in [0.25, 0.3) is 5.89 Å². The highest BCUT2D eigenvalue weighted by Gasteiger charge is 2.28. The van der Waals surface area contributed by atoms with E-state index in [1.807, 2.05) is 48.7 Å². The molecule has 4 heterocycles. The van der Waals surface area contributed by atoms with E-state index in [0.717, 1.165) is 30.0 Å². The number of anilines is 1. The Morgan fingerprint density at radius 2 is 1.55 bits per heavy atom. The first-order chi connectivity index (χ1) is 14.4. The Bertz CT molecular complexity index is 927. The first kappa shape index (κ1) is 18.3. The average Bonchev–Trinajstić information content (AvgIpc) is 3.31. The summed E-state index contributed by atoms with van der Waals surface area (Å²) in [6.07, 6.45) is 8.33. The second-order valence-electron chi connectivity index (χ2n) is 7.97. The monoisotopic (exact) mass is 389 g/mol. The largest absolute Gasteiger partial charge is 0.416 e. The van der Waals surface area contributed by atoms with Crippen LogP contribution in [-0.4, -0.2) is 52.3 Å². The predicted octanol–water partition coefficient (Wildman–Crippen LogP) is 4.25. The lowest BCUT2D eigenvalue weighted by Gasteiger charge is -2.40. The van der Waals surface area contributed by atoms with E-state index in [9.17, 15) is 0 Å². The molecule has 0 aliphatic carbocycles. The number of piperidine rings is 2. The van der Waals surface area contributed by atoms with Crippen molar-refractivity contribution < 1.29 is 4.42 Å². The van der Waals surface area contributed by atoms with Gasteiger partial charge in [0.2, 0.25) is 5.89 Å². The fourth-order valence-electron chi connectivity index (χ4n) is 4.57. The van der Waals surface area contributed by atoms with Crippen molar-refractivity contribution in [2.75, 3.05) is 31.1 Å². The van der Waals surface area contributed by atoms with Gasteiger partial charge in [0.15, 0.2) is 0 Å². The van der Waals surface area contributed by atoms with Crippen molar-refractivity contribution in [2.45, 2.75) is 38.1 Å². The third kappa shape index (κ3) is 3.90. The molecule has 1 aromatic carbocycles. The molecule has 0 saturated carbocycles. The van der Waals surface area contributed by atoms with Gasteiger partial charge in [-0.1, -0.05) is 24.6 Å². The van der Waals surface area contributed by atoms with Crippen molar-refractivity contribution in [1.29, 1.82) is 0 Å². The van der Waals surface area contributed by atoms with Crippen LogP contribution in [0.5, 0.6) is 0 Å². The van der Waals surface area contributed by atoms with Crippen LogP contribution in [0.2, 0.25) is 0 Å². The van der Waals surface area contributed by atoms with Crippen molar-refractivity contribution in [3.63, 3.8) is 0 Å². The predicted molar refractivity (Wildman–Crippen MR) is 114 cm³/mol. The number of likely N-dealkylation sites (tertiary alicyclic amines) is 1. The maximum atomic E-state index is 6.01. The van der Waals surface area contributed by atoms with Gasteiger partial charge in [0, 0.05) is 30.9 Å². The van der Waals surface area contributed by atoms with Gasteiger partial charge >= 0.3 is 0 Å². The van der Waals surface area contributed by atoms with Gasteiger partial charge in [0.05, 0.1) is 5.56 Å². The van der Waals surface area contributed by atoms with Crippen LogP contribution in [0, 0.1) is 0 Å². The molecule has 0 N–H and O–H groups in total. The summed E-state index contributed by atoms with van der Waals surface area (Å²) in [5.74, 6) is 2.03. The smallest absolute Gasteiger partial charge is 0.251 e. The molecule has 0 radical (unpaired) electrons. The summed E-state index contributed by atoms with van der Waals surface area (Å²) in [6.45, 7) is 4.57. The third-order valence-corrected chi connectivity index (χ3v) is 6.13. The van der Waals surface area contributed by atoms with Crippen molar-refractivity contribution in [1.82, 2.24) is 20.1 Å². The van der Waals surface area contributed by atoms with E-state index in [2.05, 4.69) is 25.0 Å². The van der Waals surface area contributed by atoms with Crippen LogP contribution in [0.4, 0.5) is 5.82 Å².